The molecule has 0 fully saturated rings. The summed E-state index contributed by atoms with van der Waals surface area (Å²) in [6, 6.07) is 0.903. The molecule has 130 valence electrons. The van der Waals surface area contributed by atoms with Gasteiger partial charge in [-0.3, -0.25) is 9.89 Å². The first-order chi connectivity index (χ1) is 10.7. The van der Waals surface area contributed by atoms with Gasteiger partial charge in [-0.1, -0.05) is 13.3 Å². The predicted octanol–water partition coefficient (Wildman–Crippen LogP) is 2.63. The Bertz CT molecular complexity index is 320. The summed E-state index contributed by atoms with van der Waals surface area (Å²) in [6.07, 6.45) is 4.73. The van der Waals surface area contributed by atoms with E-state index in [1.54, 1.807) is 0 Å². The zero-order valence-corrected chi connectivity index (χ0v) is 16.0. The molecule has 0 bridgehead atoms. The van der Waals surface area contributed by atoms with Crippen LogP contribution in [0.4, 0.5) is 0 Å². The summed E-state index contributed by atoms with van der Waals surface area (Å²) >= 11 is 0. The van der Waals surface area contributed by atoms with E-state index in [0.29, 0.717) is 19.8 Å². The molecular formula is C16H35N2O3Si+. The lowest BCUT2D eigenvalue weighted by Gasteiger charge is -2.28. The van der Waals surface area contributed by atoms with E-state index in [9.17, 15) is 0 Å². The molecule has 0 amide bonds. The van der Waals surface area contributed by atoms with Crippen LogP contribution in [0.15, 0.2) is 0 Å². The standard InChI is InChI=1S/C16H34N2O3Si/c1-5-9-11-16-17-12-14-18(16)13-10-15-22(19-6-2,20-7-3)21-8-4/h5-15H2,1-4H3/p+1. The molecule has 1 N–H and O–H groups in total. The van der Waals surface area contributed by atoms with Gasteiger partial charge in [0.1, 0.15) is 13.1 Å². The predicted molar refractivity (Wildman–Crippen MR) is 92.6 cm³/mol. The van der Waals surface area contributed by atoms with Gasteiger partial charge >= 0.3 is 8.80 Å². The first kappa shape index (κ1) is 19.6. The summed E-state index contributed by atoms with van der Waals surface area (Å²) in [5.41, 5.74) is 0. The van der Waals surface area contributed by atoms with Crippen LogP contribution in [-0.2, 0) is 13.3 Å². The normalized spacial score (nSPS) is 15.5. The molecule has 22 heavy (non-hydrogen) atoms. The lowest BCUT2D eigenvalue weighted by molar-refractivity contribution is -0.519. The van der Waals surface area contributed by atoms with E-state index >= 15 is 0 Å². The molecule has 6 heteroatoms. The Morgan fingerprint density at radius 1 is 1.00 bits per heavy atom. The van der Waals surface area contributed by atoms with Crippen molar-refractivity contribution >= 4 is 14.6 Å². The highest BCUT2D eigenvalue weighted by Gasteiger charge is 2.40. The maximum atomic E-state index is 5.92. The van der Waals surface area contributed by atoms with Gasteiger partial charge in [-0.05, 0) is 33.6 Å². The molecule has 5 nitrogen and oxygen atoms in total. The van der Waals surface area contributed by atoms with Crippen molar-refractivity contribution in [3.05, 3.63) is 0 Å². The van der Waals surface area contributed by atoms with Crippen LogP contribution < -0.4 is 5.32 Å². The van der Waals surface area contributed by atoms with Crippen molar-refractivity contribution in [2.45, 2.75) is 59.4 Å². The molecule has 0 saturated heterocycles. The van der Waals surface area contributed by atoms with E-state index in [1.165, 1.54) is 25.1 Å². The van der Waals surface area contributed by atoms with Gasteiger partial charge in [0.15, 0.2) is 0 Å². The Labute approximate surface area is 137 Å². The first-order valence-electron chi connectivity index (χ1n) is 8.97. The third-order valence-corrected chi connectivity index (χ3v) is 7.01. The Kier molecular flexibility index (Phi) is 9.95. The number of rotatable bonds is 13. The van der Waals surface area contributed by atoms with E-state index in [-0.39, 0.29) is 0 Å². The van der Waals surface area contributed by atoms with Crippen molar-refractivity contribution in [2.24, 2.45) is 0 Å². The molecule has 0 spiro atoms. The van der Waals surface area contributed by atoms with Crippen molar-refractivity contribution in [3.63, 3.8) is 0 Å². The summed E-state index contributed by atoms with van der Waals surface area (Å²) in [5.74, 6) is 1.42. The van der Waals surface area contributed by atoms with Crippen LogP contribution in [0.3, 0.4) is 0 Å². The van der Waals surface area contributed by atoms with Crippen LogP contribution in [0.5, 0.6) is 0 Å². The van der Waals surface area contributed by atoms with E-state index in [4.69, 9.17) is 13.3 Å². The molecule has 0 aromatic carbocycles. The fourth-order valence-electron chi connectivity index (χ4n) is 2.91. The van der Waals surface area contributed by atoms with Crippen LogP contribution in [0.2, 0.25) is 6.04 Å². The Morgan fingerprint density at radius 3 is 2.18 bits per heavy atom. The topological polar surface area (TPSA) is 42.7 Å². The van der Waals surface area contributed by atoms with Crippen LogP contribution >= 0.6 is 0 Å². The molecule has 1 aliphatic heterocycles. The second-order valence-electron chi connectivity index (χ2n) is 5.55. The molecule has 0 saturated carbocycles. The molecule has 0 unspecified atom stereocenters. The molecule has 0 aromatic rings. The molecular weight excluding hydrogens is 296 g/mol. The van der Waals surface area contributed by atoms with Gasteiger partial charge < -0.3 is 13.3 Å². The third-order valence-electron chi connectivity index (χ3n) is 3.86. The zero-order valence-electron chi connectivity index (χ0n) is 15.0. The highest BCUT2D eigenvalue weighted by atomic mass is 28.4. The summed E-state index contributed by atoms with van der Waals surface area (Å²) < 4.78 is 20.2. The van der Waals surface area contributed by atoms with Crippen LogP contribution in [0.1, 0.15) is 53.4 Å². The SMILES string of the molecule is CCCCC1=[N+](CCC[Si](OCC)(OCC)OCC)CCN1. The molecule has 1 heterocycles. The second kappa shape index (κ2) is 11.2. The molecule has 1 rings (SSSR count). The number of hydrogen-bond acceptors (Lipinski definition) is 4. The highest BCUT2D eigenvalue weighted by molar-refractivity contribution is 6.60. The van der Waals surface area contributed by atoms with Gasteiger partial charge in [-0.15, -0.1) is 0 Å². The summed E-state index contributed by atoms with van der Waals surface area (Å²) in [7, 11) is -2.47. The van der Waals surface area contributed by atoms with Gasteiger partial charge in [-0.2, -0.15) is 0 Å². The van der Waals surface area contributed by atoms with Crippen molar-refractivity contribution in [2.75, 3.05) is 39.5 Å². The zero-order chi connectivity index (χ0) is 16.3. The number of amidine groups is 1. The van der Waals surface area contributed by atoms with Crippen LogP contribution in [-0.4, -0.2) is 58.7 Å². The summed E-state index contributed by atoms with van der Waals surface area (Å²) in [4.78, 5) is 0. The molecule has 0 radical (unpaired) electrons. The number of hydrogen-bond donors (Lipinski definition) is 1. The Morgan fingerprint density at radius 2 is 1.64 bits per heavy atom. The van der Waals surface area contributed by atoms with Crippen molar-refractivity contribution < 1.29 is 17.9 Å². The van der Waals surface area contributed by atoms with Gasteiger partial charge in [-0.25, -0.2) is 0 Å². The van der Waals surface area contributed by atoms with Gasteiger partial charge in [0.25, 0.3) is 0 Å². The number of nitrogens with zero attached hydrogens (tertiary/aromatic N) is 1. The fraction of sp³-hybridized carbons (Fsp3) is 0.938. The molecule has 1 aliphatic rings. The van der Waals surface area contributed by atoms with Crippen molar-refractivity contribution in [1.29, 1.82) is 0 Å². The van der Waals surface area contributed by atoms with E-state index in [0.717, 1.165) is 32.1 Å². The van der Waals surface area contributed by atoms with Crippen LogP contribution in [0, 0.1) is 0 Å². The average Bonchev–Trinajstić information content (AvgIpc) is 2.93. The van der Waals surface area contributed by atoms with Gasteiger partial charge in [0.05, 0.1) is 6.54 Å². The molecule has 0 atom stereocenters. The summed E-state index contributed by atoms with van der Waals surface area (Å²) in [6.45, 7) is 13.5. The maximum Gasteiger partial charge on any atom is 0.501 e. The monoisotopic (exact) mass is 331 g/mol. The maximum absolute atomic E-state index is 5.92. The quantitative estimate of drug-likeness (QED) is 0.416. The minimum absolute atomic E-state index is 0.658. The van der Waals surface area contributed by atoms with Gasteiger partial charge in [0, 0.05) is 32.3 Å². The van der Waals surface area contributed by atoms with Gasteiger partial charge in [0.2, 0.25) is 5.84 Å². The van der Waals surface area contributed by atoms with E-state index < -0.39 is 8.80 Å². The van der Waals surface area contributed by atoms with Crippen LogP contribution in [0.25, 0.3) is 0 Å². The first-order valence-corrected chi connectivity index (χ1v) is 10.9. The Balaban J connectivity index is 2.53. The molecule has 0 aromatic heterocycles. The second-order valence-corrected chi connectivity index (χ2v) is 8.28. The largest absolute Gasteiger partial charge is 0.501 e. The fourth-order valence-corrected chi connectivity index (χ4v) is 5.50. The lowest BCUT2D eigenvalue weighted by atomic mass is 10.2. The third kappa shape index (κ3) is 6.36. The summed E-state index contributed by atoms with van der Waals surface area (Å²) in [5, 5.41) is 3.52. The average molecular weight is 332 g/mol. The Hall–Kier alpha value is -0.433. The van der Waals surface area contributed by atoms with E-state index in [2.05, 4.69) is 16.8 Å². The number of nitrogens with one attached hydrogen (secondary N) is 1. The van der Waals surface area contributed by atoms with Crippen molar-refractivity contribution in [3.8, 4) is 0 Å². The lowest BCUT2D eigenvalue weighted by Crippen LogP contribution is -2.46. The minimum Gasteiger partial charge on any atom is -0.374 e. The van der Waals surface area contributed by atoms with E-state index in [1.807, 2.05) is 20.8 Å². The minimum atomic E-state index is -2.47. The molecule has 0 aliphatic carbocycles. The highest BCUT2D eigenvalue weighted by Crippen LogP contribution is 2.18. The number of unbranched alkanes of at least 4 members (excludes halogenated alkanes) is 1. The van der Waals surface area contributed by atoms with Crippen molar-refractivity contribution in [1.82, 2.24) is 5.32 Å². The smallest absolute Gasteiger partial charge is 0.374 e.